The van der Waals surface area contributed by atoms with Crippen LogP contribution >= 0.6 is 0 Å². The van der Waals surface area contributed by atoms with E-state index in [-0.39, 0.29) is 17.9 Å². The number of para-hydroxylation sites is 1. The van der Waals surface area contributed by atoms with Crippen LogP contribution in [0.1, 0.15) is 17.3 Å². The number of benzene rings is 1. The highest BCUT2D eigenvalue weighted by molar-refractivity contribution is 5.92. The van der Waals surface area contributed by atoms with E-state index in [1.165, 1.54) is 13.2 Å². The number of carbonyl (C=O) groups is 2. The first-order valence-electron chi connectivity index (χ1n) is 5.29. The number of carbonyl (C=O) groups excluding carboxylic acids is 1. The van der Waals surface area contributed by atoms with Gasteiger partial charge in [-0.3, -0.25) is 4.79 Å². The van der Waals surface area contributed by atoms with Gasteiger partial charge in [0.15, 0.2) is 11.5 Å². The van der Waals surface area contributed by atoms with Crippen molar-refractivity contribution in [1.82, 2.24) is 0 Å². The minimum absolute atomic E-state index is 0.00398. The van der Waals surface area contributed by atoms with E-state index >= 15 is 0 Å². The molecule has 1 unspecified atom stereocenters. The molecule has 1 rings (SSSR count). The number of methoxy groups -OCH3 is 1. The summed E-state index contributed by atoms with van der Waals surface area (Å²) < 4.78 is 10.4. The van der Waals surface area contributed by atoms with Gasteiger partial charge in [-0.05, 0) is 12.1 Å². The summed E-state index contributed by atoms with van der Waals surface area (Å²) in [6.45, 7) is 1.59. The van der Waals surface area contributed by atoms with Gasteiger partial charge in [0.25, 0.3) is 0 Å². The highest BCUT2D eigenvalue weighted by Gasteiger charge is 2.18. The topological polar surface area (TPSA) is 98.8 Å². The molecule has 3 N–H and O–H groups in total. The highest BCUT2D eigenvalue weighted by Crippen LogP contribution is 2.31. The normalized spacial score (nSPS) is 11.7. The van der Waals surface area contributed by atoms with Gasteiger partial charge in [0, 0.05) is 0 Å². The molecular weight excluding hydrogens is 238 g/mol. The summed E-state index contributed by atoms with van der Waals surface area (Å²) >= 11 is 0. The molecule has 98 valence electrons. The molecule has 0 fully saturated rings. The van der Waals surface area contributed by atoms with E-state index in [1.54, 1.807) is 19.1 Å². The fourth-order valence-corrected chi connectivity index (χ4v) is 1.28. The van der Waals surface area contributed by atoms with Crippen LogP contribution in [0.2, 0.25) is 0 Å². The number of ether oxygens (including phenoxy) is 2. The van der Waals surface area contributed by atoms with Crippen LogP contribution < -0.4 is 15.2 Å². The Labute approximate surface area is 104 Å². The lowest BCUT2D eigenvalue weighted by molar-refractivity contribution is -0.122. The van der Waals surface area contributed by atoms with E-state index in [0.29, 0.717) is 5.75 Å². The minimum Gasteiger partial charge on any atom is -0.493 e. The summed E-state index contributed by atoms with van der Waals surface area (Å²) in [5, 5.41) is 9.03. The second kappa shape index (κ2) is 5.90. The molecule has 0 saturated heterocycles. The molecule has 1 atom stereocenters. The third-order valence-corrected chi connectivity index (χ3v) is 2.39. The maximum absolute atomic E-state index is 11.0. The molecule has 0 radical (unpaired) electrons. The summed E-state index contributed by atoms with van der Waals surface area (Å²) in [6, 6.07) is 4.53. The van der Waals surface area contributed by atoms with E-state index in [4.69, 9.17) is 20.3 Å². The predicted octanol–water partition coefficient (Wildman–Crippen LogP) is 0.894. The first-order chi connectivity index (χ1) is 8.47. The van der Waals surface area contributed by atoms with Crippen molar-refractivity contribution in [2.24, 2.45) is 11.7 Å². The summed E-state index contributed by atoms with van der Waals surface area (Å²) in [5.74, 6) is -1.76. The van der Waals surface area contributed by atoms with Crippen LogP contribution in [0.25, 0.3) is 0 Å². The molecular formula is C12H15NO5. The first kappa shape index (κ1) is 13.8. The van der Waals surface area contributed by atoms with Crippen LogP contribution in [0.5, 0.6) is 11.5 Å². The Morgan fingerprint density at radius 1 is 1.44 bits per heavy atom. The molecule has 6 nitrogen and oxygen atoms in total. The zero-order chi connectivity index (χ0) is 13.7. The molecule has 0 aliphatic heterocycles. The van der Waals surface area contributed by atoms with Crippen molar-refractivity contribution in [2.75, 3.05) is 13.7 Å². The quantitative estimate of drug-likeness (QED) is 0.784. The number of primary amides is 1. The van der Waals surface area contributed by atoms with E-state index < -0.39 is 17.8 Å². The fourth-order valence-electron chi connectivity index (χ4n) is 1.28. The Balaban J connectivity index is 2.98. The number of carboxylic acids is 1. The standard InChI is InChI=1S/C12H15NO5/c1-7(11(13)14)6-18-10-8(12(15)16)4-3-5-9(10)17-2/h3-5,7H,6H2,1-2H3,(H2,13,14)(H,15,16). The second-order valence-electron chi connectivity index (χ2n) is 3.76. The summed E-state index contributed by atoms with van der Waals surface area (Å²) in [7, 11) is 1.41. The summed E-state index contributed by atoms with van der Waals surface area (Å²) in [5.41, 5.74) is 5.08. The Morgan fingerprint density at radius 2 is 2.11 bits per heavy atom. The zero-order valence-electron chi connectivity index (χ0n) is 10.2. The molecule has 0 aliphatic rings. The van der Waals surface area contributed by atoms with E-state index in [2.05, 4.69) is 0 Å². The number of amides is 1. The number of carboxylic acid groups (broad SMARTS) is 1. The molecule has 18 heavy (non-hydrogen) atoms. The van der Waals surface area contributed by atoms with Crippen molar-refractivity contribution in [3.63, 3.8) is 0 Å². The van der Waals surface area contributed by atoms with Gasteiger partial charge in [0.05, 0.1) is 19.6 Å². The Kier molecular flexibility index (Phi) is 4.53. The van der Waals surface area contributed by atoms with Crippen molar-refractivity contribution in [3.8, 4) is 11.5 Å². The second-order valence-corrected chi connectivity index (χ2v) is 3.76. The number of nitrogens with two attached hydrogens (primary N) is 1. The summed E-state index contributed by atoms with van der Waals surface area (Å²) in [6.07, 6.45) is 0. The van der Waals surface area contributed by atoms with Crippen LogP contribution in [0.4, 0.5) is 0 Å². The SMILES string of the molecule is COc1cccc(C(=O)O)c1OCC(C)C(N)=O. The van der Waals surface area contributed by atoms with Gasteiger partial charge in [0.1, 0.15) is 5.56 Å². The van der Waals surface area contributed by atoms with E-state index in [1.807, 2.05) is 0 Å². The van der Waals surface area contributed by atoms with Gasteiger partial charge >= 0.3 is 5.97 Å². The van der Waals surface area contributed by atoms with E-state index in [9.17, 15) is 9.59 Å². The largest absolute Gasteiger partial charge is 0.493 e. The van der Waals surface area contributed by atoms with Gasteiger partial charge in [-0.2, -0.15) is 0 Å². The molecule has 0 bridgehead atoms. The van der Waals surface area contributed by atoms with Crippen LogP contribution in [-0.4, -0.2) is 30.7 Å². The smallest absolute Gasteiger partial charge is 0.339 e. The molecule has 0 heterocycles. The molecule has 0 aromatic heterocycles. The lowest BCUT2D eigenvalue weighted by Crippen LogP contribution is -2.26. The number of hydrogen-bond acceptors (Lipinski definition) is 4. The highest BCUT2D eigenvalue weighted by atomic mass is 16.5. The van der Waals surface area contributed by atoms with Gasteiger partial charge < -0.3 is 20.3 Å². The molecule has 1 aromatic carbocycles. The Bertz CT molecular complexity index is 458. The van der Waals surface area contributed by atoms with Gasteiger partial charge in [-0.25, -0.2) is 4.79 Å². The first-order valence-corrected chi connectivity index (χ1v) is 5.29. The van der Waals surface area contributed by atoms with Crippen LogP contribution in [-0.2, 0) is 4.79 Å². The number of aromatic carboxylic acids is 1. The van der Waals surface area contributed by atoms with Crippen LogP contribution in [0, 0.1) is 5.92 Å². The van der Waals surface area contributed by atoms with Crippen LogP contribution in [0.15, 0.2) is 18.2 Å². The maximum atomic E-state index is 11.0. The molecule has 6 heteroatoms. The van der Waals surface area contributed by atoms with Crippen molar-refractivity contribution in [3.05, 3.63) is 23.8 Å². The number of rotatable bonds is 6. The fraction of sp³-hybridized carbons (Fsp3) is 0.333. The third kappa shape index (κ3) is 3.13. The average Bonchev–Trinajstić information content (AvgIpc) is 2.34. The molecule has 0 saturated carbocycles. The van der Waals surface area contributed by atoms with Crippen molar-refractivity contribution >= 4 is 11.9 Å². The molecule has 0 spiro atoms. The Morgan fingerprint density at radius 3 is 2.61 bits per heavy atom. The van der Waals surface area contributed by atoms with Gasteiger partial charge in [-0.15, -0.1) is 0 Å². The predicted molar refractivity (Wildman–Crippen MR) is 63.8 cm³/mol. The zero-order valence-corrected chi connectivity index (χ0v) is 10.2. The monoisotopic (exact) mass is 253 g/mol. The Hall–Kier alpha value is -2.24. The molecule has 1 amide bonds. The minimum atomic E-state index is -1.13. The average molecular weight is 253 g/mol. The lowest BCUT2D eigenvalue weighted by atomic mass is 10.1. The number of hydrogen-bond donors (Lipinski definition) is 2. The van der Waals surface area contributed by atoms with Crippen molar-refractivity contribution in [2.45, 2.75) is 6.92 Å². The van der Waals surface area contributed by atoms with Crippen molar-refractivity contribution < 1.29 is 24.2 Å². The van der Waals surface area contributed by atoms with Gasteiger partial charge in [-0.1, -0.05) is 13.0 Å². The third-order valence-electron chi connectivity index (χ3n) is 2.39. The maximum Gasteiger partial charge on any atom is 0.339 e. The van der Waals surface area contributed by atoms with Gasteiger partial charge in [0.2, 0.25) is 5.91 Å². The van der Waals surface area contributed by atoms with Crippen molar-refractivity contribution in [1.29, 1.82) is 0 Å². The molecule has 0 aliphatic carbocycles. The van der Waals surface area contributed by atoms with E-state index in [0.717, 1.165) is 0 Å². The van der Waals surface area contributed by atoms with Crippen LogP contribution in [0.3, 0.4) is 0 Å². The lowest BCUT2D eigenvalue weighted by Gasteiger charge is -2.14. The molecule has 1 aromatic rings. The summed E-state index contributed by atoms with van der Waals surface area (Å²) in [4.78, 5) is 21.9.